The molecule has 0 unspecified atom stereocenters. The Morgan fingerprint density at radius 1 is 1.56 bits per heavy atom. The number of nitriles is 1. The van der Waals surface area contributed by atoms with Crippen LogP contribution < -0.4 is 5.73 Å². The first-order valence-electron chi connectivity index (χ1n) is 3.98. The second-order valence-corrected chi connectivity index (χ2v) is 2.81. The van der Waals surface area contributed by atoms with Gasteiger partial charge in [-0.15, -0.1) is 0 Å². The van der Waals surface area contributed by atoms with Crippen molar-refractivity contribution in [3.63, 3.8) is 0 Å². The van der Waals surface area contributed by atoms with E-state index in [1.807, 2.05) is 0 Å². The molecule has 80 valence electrons. The van der Waals surface area contributed by atoms with Gasteiger partial charge < -0.3 is 5.73 Å². The van der Waals surface area contributed by atoms with Crippen molar-refractivity contribution in [2.45, 2.75) is 0 Å². The van der Waals surface area contributed by atoms with Gasteiger partial charge in [-0.05, 0) is 6.07 Å². The van der Waals surface area contributed by atoms with Gasteiger partial charge in [-0.3, -0.25) is 19.7 Å². The maximum absolute atomic E-state index is 11.0. The molecule has 0 heterocycles. The quantitative estimate of drug-likeness (QED) is 0.446. The van der Waals surface area contributed by atoms with Gasteiger partial charge in [0.1, 0.15) is 17.9 Å². The van der Waals surface area contributed by atoms with Crippen molar-refractivity contribution in [2.75, 3.05) is 0 Å². The zero-order valence-electron chi connectivity index (χ0n) is 7.84. The highest BCUT2D eigenvalue weighted by molar-refractivity contribution is 6.00. The number of hydrogen-bond donors (Lipinski definition) is 1. The van der Waals surface area contributed by atoms with Crippen LogP contribution in [0.2, 0.25) is 0 Å². The molecule has 0 aliphatic carbocycles. The van der Waals surface area contributed by atoms with Crippen molar-refractivity contribution in [3.8, 4) is 6.07 Å². The summed E-state index contributed by atoms with van der Waals surface area (Å²) in [4.78, 5) is 31.2. The van der Waals surface area contributed by atoms with Gasteiger partial charge >= 0.3 is 0 Å². The van der Waals surface area contributed by atoms with Crippen LogP contribution in [0.25, 0.3) is 0 Å². The van der Waals surface area contributed by atoms with E-state index in [0.29, 0.717) is 6.29 Å². The first kappa shape index (κ1) is 11.3. The Balaban J connectivity index is 3.68. The highest BCUT2D eigenvalue weighted by atomic mass is 16.6. The van der Waals surface area contributed by atoms with E-state index in [4.69, 9.17) is 11.0 Å². The van der Waals surface area contributed by atoms with Crippen molar-refractivity contribution in [1.29, 1.82) is 5.26 Å². The zero-order valence-corrected chi connectivity index (χ0v) is 7.84. The third-order valence-electron chi connectivity index (χ3n) is 1.84. The molecule has 7 nitrogen and oxygen atoms in total. The van der Waals surface area contributed by atoms with Gasteiger partial charge in [0.05, 0.1) is 10.5 Å². The molecule has 0 bridgehead atoms. The van der Waals surface area contributed by atoms with Crippen LogP contribution in [0.3, 0.4) is 0 Å². The molecule has 1 aromatic carbocycles. The van der Waals surface area contributed by atoms with Gasteiger partial charge in [-0.1, -0.05) is 0 Å². The van der Waals surface area contributed by atoms with Crippen molar-refractivity contribution in [3.05, 3.63) is 38.9 Å². The van der Waals surface area contributed by atoms with Crippen LogP contribution in [0.1, 0.15) is 26.3 Å². The molecule has 0 aliphatic rings. The Labute approximate surface area is 89.2 Å². The molecule has 0 atom stereocenters. The molecule has 0 fully saturated rings. The fourth-order valence-corrected chi connectivity index (χ4v) is 1.21. The Morgan fingerprint density at radius 3 is 2.56 bits per heavy atom. The predicted molar refractivity (Wildman–Crippen MR) is 51.7 cm³/mol. The van der Waals surface area contributed by atoms with Gasteiger partial charge in [0.15, 0.2) is 0 Å². The molecule has 0 aromatic heterocycles. The molecule has 1 aromatic rings. The normalized spacial score (nSPS) is 9.19. The minimum atomic E-state index is -1.08. The molecule has 0 saturated heterocycles. The zero-order chi connectivity index (χ0) is 12.3. The lowest BCUT2D eigenvalue weighted by Gasteiger charge is -2.01. The fourth-order valence-electron chi connectivity index (χ4n) is 1.21. The van der Waals surface area contributed by atoms with Crippen LogP contribution in [0.15, 0.2) is 12.1 Å². The number of aldehydes is 1. The average molecular weight is 219 g/mol. The lowest BCUT2D eigenvalue weighted by atomic mass is 10.0. The summed E-state index contributed by atoms with van der Waals surface area (Å²) in [5, 5.41) is 19.3. The Hall–Kier alpha value is -2.75. The number of nitro benzene ring substituents is 1. The summed E-state index contributed by atoms with van der Waals surface area (Å²) in [6, 6.07) is 3.55. The standard InChI is InChI=1S/C9H5N3O4/c10-3-6-1-5(4-13)2-7(12(15)16)8(6)9(11)14/h1-2,4H,(H2,11,14). The highest BCUT2D eigenvalue weighted by Gasteiger charge is 2.23. The lowest BCUT2D eigenvalue weighted by Crippen LogP contribution is -2.15. The molecular weight excluding hydrogens is 214 g/mol. The van der Waals surface area contributed by atoms with E-state index in [1.165, 1.54) is 0 Å². The second kappa shape index (κ2) is 4.18. The van der Waals surface area contributed by atoms with E-state index in [-0.39, 0.29) is 11.1 Å². The van der Waals surface area contributed by atoms with Crippen LogP contribution >= 0.6 is 0 Å². The molecule has 1 rings (SSSR count). The molecule has 16 heavy (non-hydrogen) atoms. The molecule has 1 amide bonds. The van der Waals surface area contributed by atoms with Crippen LogP contribution in [-0.2, 0) is 0 Å². The first-order chi connectivity index (χ1) is 7.51. The maximum Gasteiger partial charge on any atom is 0.284 e. The minimum Gasteiger partial charge on any atom is -0.365 e. The van der Waals surface area contributed by atoms with E-state index < -0.39 is 22.1 Å². The number of carbonyl (C=O) groups excluding carboxylic acids is 2. The molecule has 0 aliphatic heterocycles. The van der Waals surface area contributed by atoms with Crippen LogP contribution in [0, 0.1) is 21.4 Å². The number of primary amides is 1. The lowest BCUT2D eigenvalue weighted by molar-refractivity contribution is -0.385. The van der Waals surface area contributed by atoms with Crippen LogP contribution in [0.4, 0.5) is 5.69 Å². The van der Waals surface area contributed by atoms with Crippen molar-refractivity contribution in [1.82, 2.24) is 0 Å². The summed E-state index contributed by atoms with van der Waals surface area (Å²) < 4.78 is 0. The average Bonchev–Trinajstić information content (AvgIpc) is 2.26. The SMILES string of the molecule is N#Cc1cc(C=O)cc([N+](=O)[O-])c1C(N)=O. The third kappa shape index (κ3) is 1.85. The van der Waals surface area contributed by atoms with Gasteiger partial charge in [-0.25, -0.2) is 0 Å². The van der Waals surface area contributed by atoms with E-state index in [1.54, 1.807) is 6.07 Å². The number of amides is 1. The Morgan fingerprint density at radius 2 is 2.19 bits per heavy atom. The number of hydrogen-bond acceptors (Lipinski definition) is 5. The number of rotatable bonds is 3. The molecule has 2 N–H and O–H groups in total. The fraction of sp³-hybridized carbons (Fsp3) is 0. The summed E-state index contributed by atoms with van der Waals surface area (Å²) in [5.74, 6) is -1.08. The van der Waals surface area contributed by atoms with Gasteiger partial charge in [0, 0.05) is 11.6 Å². The van der Waals surface area contributed by atoms with E-state index in [0.717, 1.165) is 12.1 Å². The Bertz CT molecular complexity index is 530. The van der Waals surface area contributed by atoms with Crippen molar-refractivity contribution < 1.29 is 14.5 Å². The number of benzene rings is 1. The third-order valence-corrected chi connectivity index (χ3v) is 1.84. The molecule has 0 saturated carbocycles. The Kier molecular flexibility index (Phi) is 2.96. The summed E-state index contributed by atoms with van der Waals surface area (Å²) in [6.45, 7) is 0. The van der Waals surface area contributed by atoms with Gasteiger partial charge in [-0.2, -0.15) is 5.26 Å². The number of nitrogens with two attached hydrogens (primary N) is 1. The van der Waals surface area contributed by atoms with Crippen LogP contribution in [-0.4, -0.2) is 17.1 Å². The van der Waals surface area contributed by atoms with E-state index in [2.05, 4.69) is 0 Å². The molecule has 7 heteroatoms. The molecule has 0 radical (unpaired) electrons. The highest BCUT2D eigenvalue weighted by Crippen LogP contribution is 2.23. The van der Waals surface area contributed by atoms with E-state index in [9.17, 15) is 19.7 Å². The maximum atomic E-state index is 11.0. The van der Waals surface area contributed by atoms with Crippen molar-refractivity contribution in [2.24, 2.45) is 5.73 Å². The minimum absolute atomic E-state index is 0.0618. The largest absolute Gasteiger partial charge is 0.365 e. The van der Waals surface area contributed by atoms with Gasteiger partial charge in [0.2, 0.25) is 0 Å². The summed E-state index contributed by atoms with van der Waals surface area (Å²) in [7, 11) is 0. The topological polar surface area (TPSA) is 127 Å². The smallest absolute Gasteiger partial charge is 0.284 e. The van der Waals surface area contributed by atoms with Crippen LogP contribution in [0.5, 0.6) is 0 Å². The predicted octanol–water partition coefficient (Wildman–Crippen LogP) is 0.378. The summed E-state index contributed by atoms with van der Waals surface area (Å²) in [6.07, 6.45) is 0.346. The number of nitrogens with zero attached hydrogens (tertiary/aromatic N) is 2. The summed E-state index contributed by atoms with van der Waals surface area (Å²) in [5.41, 5.74) is 3.45. The number of nitro groups is 1. The van der Waals surface area contributed by atoms with Gasteiger partial charge in [0.25, 0.3) is 11.6 Å². The van der Waals surface area contributed by atoms with Crippen molar-refractivity contribution >= 4 is 17.9 Å². The molecular formula is C9H5N3O4. The summed E-state index contributed by atoms with van der Waals surface area (Å²) >= 11 is 0. The second-order valence-electron chi connectivity index (χ2n) is 2.81. The van der Waals surface area contributed by atoms with E-state index >= 15 is 0 Å². The number of carbonyl (C=O) groups is 2. The molecule has 0 spiro atoms. The monoisotopic (exact) mass is 219 g/mol. The first-order valence-corrected chi connectivity index (χ1v) is 3.98.